The maximum Gasteiger partial charge on any atom is 0.302 e. The molecule has 8 nitrogen and oxygen atoms in total. The number of esters is 1. The van der Waals surface area contributed by atoms with Gasteiger partial charge in [-0.3, -0.25) is 14.4 Å². The van der Waals surface area contributed by atoms with Gasteiger partial charge in [0, 0.05) is 31.7 Å². The largest absolute Gasteiger partial charge is 0.493 e. The molecule has 0 saturated heterocycles. The summed E-state index contributed by atoms with van der Waals surface area (Å²) in [4.78, 5) is 34.4. The highest BCUT2D eigenvalue weighted by Crippen LogP contribution is 2.27. The van der Waals surface area contributed by atoms with Gasteiger partial charge in [-0.15, -0.1) is 0 Å². The highest BCUT2D eigenvalue weighted by Gasteiger charge is 2.04. The van der Waals surface area contributed by atoms with Crippen molar-refractivity contribution in [1.29, 1.82) is 0 Å². The fraction of sp³-hybridized carbons (Fsp3) is 0.409. The highest BCUT2D eigenvalue weighted by atomic mass is 16.5. The van der Waals surface area contributed by atoms with Crippen LogP contribution in [-0.2, 0) is 19.1 Å². The molecule has 0 aromatic heterocycles. The monoisotopic (exact) mass is 418 g/mol. The van der Waals surface area contributed by atoms with Crippen molar-refractivity contribution < 1.29 is 28.6 Å². The van der Waals surface area contributed by atoms with Crippen molar-refractivity contribution in [2.45, 2.75) is 26.7 Å². The highest BCUT2D eigenvalue weighted by molar-refractivity contribution is 5.93. The summed E-state index contributed by atoms with van der Waals surface area (Å²) in [6.45, 7) is 4.05. The average Bonchev–Trinajstić information content (AvgIpc) is 2.73. The van der Waals surface area contributed by atoms with Gasteiger partial charge in [0.1, 0.15) is 6.61 Å². The van der Waals surface area contributed by atoms with E-state index in [0.29, 0.717) is 30.2 Å². The van der Waals surface area contributed by atoms with Crippen molar-refractivity contribution in [2.75, 3.05) is 33.9 Å². The molecule has 0 unspecified atom stereocenters. The van der Waals surface area contributed by atoms with Crippen molar-refractivity contribution in [3.8, 4) is 11.5 Å². The number of carbonyl (C=O) groups is 3. The molecule has 2 amide bonds. The molecule has 0 fully saturated rings. The molecular formula is C22H30N2O6. The smallest absolute Gasteiger partial charge is 0.302 e. The number of hydrogen-bond acceptors (Lipinski definition) is 6. The number of benzene rings is 1. The Bertz CT molecular complexity index is 786. The number of methoxy groups -OCH3 is 2. The number of nitrogens with one attached hydrogen (secondary N) is 2. The van der Waals surface area contributed by atoms with Crippen LogP contribution >= 0.6 is 0 Å². The summed E-state index contributed by atoms with van der Waals surface area (Å²) >= 11 is 0. The van der Waals surface area contributed by atoms with E-state index in [4.69, 9.17) is 14.2 Å². The Kier molecular flexibility index (Phi) is 11.4. The summed E-state index contributed by atoms with van der Waals surface area (Å²) in [7, 11) is 3.12. The van der Waals surface area contributed by atoms with Crippen molar-refractivity contribution in [2.24, 2.45) is 0 Å². The zero-order valence-corrected chi connectivity index (χ0v) is 17.9. The van der Waals surface area contributed by atoms with Crippen molar-refractivity contribution >= 4 is 23.9 Å². The first-order chi connectivity index (χ1) is 14.4. The molecule has 1 aromatic rings. The third kappa shape index (κ3) is 9.77. The second-order valence-corrected chi connectivity index (χ2v) is 6.39. The molecular weight excluding hydrogens is 388 g/mol. The van der Waals surface area contributed by atoms with Crippen LogP contribution in [0.3, 0.4) is 0 Å². The summed E-state index contributed by atoms with van der Waals surface area (Å²) in [6, 6.07) is 5.39. The Labute approximate surface area is 177 Å². The molecule has 0 radical (unpaired) electrons. The molecule has 0 atom stereocenters. The molecule has 0 heterocycles. The minimum atomic E-state index is -0.389. The lowest BCUT2D eigenvalue weighted by Gasteiger charge is -2.07. The van der Waals surface area contributed by atoms with E-state index >= 15 is 0 Å². The zero-order valence-electron chi connectivity index (χ0n) is 17.9. The maximum atomic E-state index is 11.9. The average molecular weight is 418 g/mol. The molecule has 0 aliphatic rings. The first-order valence-electron chi connectivity index (χ1n) is 9.63. The number of ether oxygens (including phenoxy) is 3. The third-order valence-electron chi connectivity index (χ3n) is 4.06. The normalized spacial score (nSPS) is 11.1. The molecule has 2 N–H and O–H groups in total. The Morgan fingerprint density at radius 3 is 2.27 bits per heavy atom. The minimum absolute atomic E-state index is 0.0808. The Hall–Kier alpha value is -3.29. The van der Waals surface area contributed by atoms with E-state index in [-0.39, 0.29) is 24.4 Å². The lowest BCUT2D eigenvalue weighted by Crippen LogP contribution is -2.27. The van der Waals surface area contributed by atoms with Gasteiger partial charge in [-0.05, 0) is 49.6 Å². The van der Waals surface area contributed by atoms with E-state index in [0.717, 1.165) is 18.4 Å². The first-order valence-corrected chi connectivity index (χ1v) is 9.63. The molecule has 0 bridgehead atoms. The molecule has 0 spiro atoms. The summed E-state index contributed by atoms with van der Waals surface area (Å²) in [5.41, 5.74) is 1.31. The minimum Gasteiger partial charge on any atom is -0.493 e. The molecule has 1 rings (SSSR count). The predicted octanol–water partition coefficient (Wildman–Crippen LogP) is 2.24. The fourth-order valence-electron chi connectivity index (χ4n) is 2.37. The molecule has 164 valence electrons. The van der Waals surface area contributed by atoms with E-state index in [1.54, 1.807) is 45.4 Å². The van der Waals surface area contributed by atoms with Crippen LogP contribution in [0.2, 0.25) is 0 Å². The molecule has 1 aromatic carbocycles. The standard InChI is InChI=1S/C22H30N2O6/c1-16(11-14-30-17(2)25)22(27)24-13-6-5-12-23-21(26)10-8-18-7-9-19(28-3)20(15-18)29-4/h7-11,15H,5-6,12-14H2,1-4H3,(H,23,26)(H,24,27)/b10-8+,16-11+. The lowest BCUT2D eigenvalue weighted by atomic mass is 10.2. The van der Waals surface area contributed by atoms with Crippen LogP contribution in [-0.4, -0.2) is 51.7 Å². The van der Waals surface area contributed by atoms with Crippen LogP contribution in [0.15, 0.2) is 35.9 Å². The van der Waals surface area contributed by atoms with Gasteiger partial charge >= 0.3 is 5.97 Å². The molecule has 0 aliphatic carbocycles. The van der Waals surface area contributed by atoms with Crippen molar-refractivity contribution in [3.05, 3.63) is 41.5 Å². The predicted molar refractivity (Wildman–Crippen MR) is 114 cm³/mol. The van der Waals surface area contributed by atoms with Crippen LogP contribution in [0, 0.1) is 0 Å². The molecule has 0 saturated carbocycles. The summed E-state index contributed by atoms with van der Waals surface area (Å²) < 4.78 is 15.2. The van der Waals surface area contributed by atoms with Gasteiger partial charge in [0.2, 0.25) is 11.8 Å². The summed E-state index contributed by atoms with van der Waals surface area (Å²) in [5, 5.41) is 5.58. The van der Waals surface area contributed by atoms with Crippen LogP contribution in [0.4, 0.5) is 0 Å². The van der Waals surface area contributed by atoms with Gasteiger partial charge in [-0.25, -0.2) is 0 Å². The summed E-state index contributed by atoms with van der Waals surface area (Å²) in [6.07, 6.45) is 6.17. The van der Waals surface area contributed by atoms with Gasteiger partial charge < -0.3 is 24.8 Å². The quantitative estimate of drug-likeness (QED) is 0.307. The van der Waals surface area contributed by atoms with Gasteiger partial charge in [0.15, 0.2) is 11.5 Å². The molecule has 30 heavy (non-hydrogen) atoms. The Morgan fingerprint density at radius 1 is 0.967 bits per heavy atom. The second kappa shape index (κ2) is 13.8. The zero-order chi connectivity index (χ0) is 22.4. The maximum absolute atomic E-state index is 11.9. The van der Waals surface area contributed by atoms with Gasteiger partial charge in [0.05, 0.1) is 14.2 Å². The van der Waals surface area contributed by atoms with Crippen LogP contribution in [0.5, 0.6) is 11.5 Å². The van der Waals surface area contributed by atoms with Crippen LogP contribution in [0.1, 0.15) is 32.3 Å². The van der Waals surface area contributed by atoms with E-state index < -0.39 is 0 Å². The topological polar surface area (TPSA) is 103 Å². The SMILES string of the molecule is COc1ccc(/C=C/C(=O)NCCCCNC(=O)/C(C)=C/COC(C)=O)cc1OC. The van der Waals surface area contributed by atoms with E-state index in [1.165, 1.54) is 13.0 Å². The van der Waals surface area contributed by atoms with E-state index in [9.17, 15) is 14.4 Å². The van der Waals surface area contributed by atoms with E-state index in [2.05, 4.69) is 10.6 Å². The number of carbonyl (C=O) groups excluding carboxylic acids is 3. The fourth-order valence-corrected chi connectivity index (χ4v) is 2.37. The number of rotatable bonds is 12. The van der Waals surface area contributed by atoms with Crippen LogP contribution in [0.25, 0.3) is 6.08 Å². The second-order valence-electron chi connectivity index (χ2n) is 6.39. The summed E-state index contributed by atoms with van der Waals surface area (Å²) in [5.74, 6) is 0.432. The van der Waals surface area contributed by atoms with Crippen molar-refractivity contribution in [3.63, 3.8) is 0 Å². The Morgan fingerprint density at radius 2 is 1.63 bits per heavy atom. The first kappa shape index (κ1) is 24.7. The number of amides is 2. The van der Waals surface area contributed by atoms with Crippen LogP contribution < -0.4 is 20.1 Å². The number of unbranched alkanes of at least 4 members (excludes halogenated alkanes) is 1. The van der Waals surface area contributed by atoms with Gasteiger partial charge in [-0.1, -0.05) is 6.07 Å². The van der Waals surface area contributed by atoms with Gasteiger partial charge in [-0.2, -0.15) is 0 Å². The van der Waals surface area contributed by atoms with Crippen molar-refractivity contribution in [1.82, 2.24) is 10.6 Å². The lowest BCUT2D eigenvalue weighted by molar-refractivity contribution is -0.139. The van der Waals surface area contributed by atoms with Gasteiger partial charge in [0.25, 0.3) is 0 Å². The third-order valence-corrected chi connectivity index (χ3v) is 4.06. The molecule has 0 aliphatic heterocycles. The number of hydrogen-bond donors (Lipinski definition) is 2. The molecule has 8 heteroatoms. The van der Waals surface area contributed by atoms with E-state index in [1.807, 2.05) is 6.07 Å². The Balaban J connectivity index is 2.25.